The van der Waals surface area contributed by atoms with E-state index in [1.54, 1.807) is 6.26 Å². The van der Waals surface area contributed by atoms with Crippen LogP contribution in [0.3, 0.4) is 0 Å². The first-order valence-corrected chi connectivity index (χ1v) is 7.62. The number of furan rings is 1. The highest BCUT2D eigenvalue weighted by molar-refractivity contribution is 5.73. The van der Waals surface area contributed by atoms with Crippen LogP contribution in [0.5, 0.6) is 0 Å². The van der Waals surface area contributed by atoms with Crippen LogP contribution >= 0.6 is 0 Å². The lowest BCUT2D eigenvalue weighted by molar-refractivity contribution is -0.0457. The van der Waals surface area contributed by atoms with Gasteiger partial charge in [0.25, 0.3) is 0 Å². The van der Waals surface area contributed by atoms with Crippen molar-refractivity contribution in [3.63, 3.8) is 0 Å². The Morgan fingerprint density at radius 1 is 1.48 bits per heavy atom. The van der Waals surface area contributed by atoms with Crippen LogP contribution < -0.4 is 10.6 Å². The van der Waals surface area contributed by atoms with Crippen LogP contribution in [0.4, 0.5) is 4.79 Å². The van der Waals surface area contributed by atoms with Crippen LogP contribution in [0.25, 0.3) is 0 Å². The fraction of sp³-hybridized carbons (Fsp3) is 0.667. The lowest BCUT2D eigenvalue weighted by Gasteiger charge is -2.35. The maximum absolute atomic E-state index is 11.8. The molecule has 0 aliphatic carbocycles. The molecular formula is C15H23N3O3. The maximum atomic E-state index is 11.8. The number of carbonyl (C=O) groups excluding carboxylic acids is 1. The van der Waals surface area contributed by atoms with Gasteiger partial charge in [0, 0.05) is 31.2 Å². The van der Waals surface area contributed by atoms with Crippen molar-refractivity contribution in [2.75, 3.05) is 26.2 Å². The minimum Gasteiger partial charge on any atom is -0.469 e. The van der Waals surface area contributed by atoms with Gasteiger partial charge in [-0.05, 0) is 32.4 Å². The monoisotopic (exact) mass is 293 g/mol. The summed E-state index contributed by atoms with van der Waals surface area (Å²) in [6, 6.07) is 2.30. The summed E-state index contributed by atoms with van der Waals surface area (Å²) < 4.78 is 11.0. The lowest BCUT2D eigenvalue weighted by atomic mass is 10.2. The van der Waals surface area contributed by atoms with E-state index in [1.807, 2.05) is 13.0 Å². The van der Waals surface area contributed by atoms with Crippen molar-refractivity contribution >= 4 is 6.03 Å². The van der Waals surface area contributed by atoms with Crippen LogP contribution in [0.1, 0.15) is 24.2 Å². The van der Waals surface area contributed by atoms with E-state index in [2.05, 4.69) is 15.5 Å². The Bertz CT molecular complexity index is 488. The van der Waals surface area contributed by atoms with E-state index < -0.39 is 0 Å². The number of aryl methyl sites for hydroxylation is 1. The summed E-state index contributed by atoms with van der Waals surface area (Å²) in [5.74, 6) is 0.839. The summed E-state index contributed by atoms with van der Waals surface area (Å²) in [4.78, 5) is 14.3. The van der Waals surface area contributed by atoms with Gasteiger partial charge in [-0.3, -0.25) is 4.90 Å². The van der Waals surface area contributed by atoms with Gasteiger partial charge in [0.2, 0.25) is 0 Å². The molecule has 2 aliphatic rings. The molecule has 0 aromatic carbocycles. The van der Waals surface area contributed by atoms with E-state index in [0.717, 1.165) is 31.0 Å². The van der Waals surface area contributed by atoms with Gasteiger partial charge in [-0.25, -0.2) is 4.79 Å². The molecule has 1 aromatic heterocycles. The van der Waals surface area contributed by atoms with Crippen molar-refractivity contribution in [2.45, 2.75) is 38.5 Å². The number of nitrogens with zero attached hydrogens (tertiary/aromatic N) is 1. The van der Waals surface area contributed by atoms with Gasteiger partial charge in [-0.15, -0.1) is 0 Å². The highest BCUT2D eigenvalue weighted by atomic mass is 16.5. The SMILES string of the molecule is Cc1occc1CNC(=O)NC[C@@H]1CN2CCC[C@@H]2CO1. The second-order valence-electron chi connectivity index (χ2n) is 5.81. The van der Waals surface area contributed by atoms with Crippen molar-refractivity contribution in [2.24, 2.45) is 0 Å². The van der Waals surface area contributed by atoms with Crippen molar-refractivity contribution in [3.05, 3.63) is 23.7 Å². The van der Waals surface area contributed by atoms with Crippen molar-refractivity contribution in [3.8, 4) is 0 Å². The summed E-state index contributed by atoms with van der Waals surface area (Å²) >= 11 is 0. The molecule has 0 unspecified atom stereocenters. The van der Waals surface area contributed by atoms with E-state index in [0.29, 0.717) is 19.1 Å². The van der Waals surface area contributed by atoms with Crippen LogP contribution in [-0.4, -0.2) is 49.3 Å². The van der Waals surface area contributed by atoms with Gasteiger partial charge in [-0.1, -0.05) is 0 Å². The van der Waals surface area contributed by atoms with E-state index in [9.17, 15) is 4.79 Å². The number of hydrogen-bond donors (Lipinski definition) is 2. The Labute approximate surface area is 124 Å². The normalized spacial score (nSPS) is 25.6. The van der Waals surface area contributed by atoms with Gasteiger partial charge in [0.1, 0.15) is 5.76 Å². The molecule has 2 atom stereocenters. The molecule has 0 radical (unpaired) electrons. The Kier molecular flexibility index (Phi) is 4.45. The third-order valence-electron chi connectivity index (χ3n) is 4.36. The second kappa shape index (κ2) is 6.49. The Hall–Kier alpha value is -1.53. The minimum absolute atomic E-state index is 0.0979. The fourth-order valence-electron chi connectivity index (χ4n) is 3.05. The molecule has 0 spiro atoms. The first kappa shape index (κ1) is 14.4. The van der Waals surface area contributed by atoms with E-state index in [1.165, 1.54) is 12.8 Å². The zero-order chi connectivity index (χ0) is 14.7. The fourth-order valence-corrected chi connectivity index (χ4v) is 3.05. The quantitative estimate of drug-likeness (QED) is 0.877. The van der Waals surface area contributed by atoms with Gasteiger partial charge in [-0.2, -0.15) is 0 Å². The number of morpholine rings is 1. The highest BCUT2D eigenvalue weighted by Gasteiger charge is 2.32. The molecule has 2 amide bonds. The number of ether oxygens (including phenoxy) is 1. The molecular weight excluding hydrogens is 270 g/mol. The summed E-state index contributed by atoms with van der Waals surface area (Å²) in [7, 11) is 0. The zero-order valence-electron chi connectivity index (χ0n) is 12.4. The van der Waals surface area contributed by atoms with Gasteiger partial charge >= 0.3 is 6.03 Å². The summed E-state index contributed by atoms with van der Waals surface area (Å²) in [6.45, 7) is 5.80. The topological polar surface area (TPSA) is 66.7 Å². The van der Waals surface area contributed by atoms with E-state index >= 15 is 0 Å². The molecule has 21 heavy (non-hydrogen) atoms. The molecule has 2 fully saturated rings. The predicted octanol–water partition coefficient (Wildman–Crippen LogP) is 1.25. The molecule has 3 heterocycles. The largest absolute Gasteiger partial charge is 0.469 e. The molecule has 2 saturated heterocycles. The number of urea groups is 1. The highest BCUT2D eigenvalue weighted by Crippen LogP contribution is 2.22. The molecule has 3 rings (SSSR count). The van der Waals surface area contributed by atoms with Gasteiger partial charge in [0.15, 0.2) is 0 Å². The molecule has 2 N–H and O–H groups in total. The Morgan fingerprint density at radius 3 is 3.19 bits per heavy atom. The maximum Gasteiger partial charge on any atom is 0.315 e. The lowest BCUT2D eigenvalue weighted by Crippen LogP contribution is -2.51. The molecule has 0 bridgehead atoms. The van der Waals surface area contributed by atoms with Crippen LogP contribution in [0.2, 0.25) is 0 Å². The summed E-state index contributed by atoms with van der Waals surface area (Å²) in [6.07, 6.45) is 4.23. The molecule has 0 saturated carbocycles. The number of nitrogens with one attached hydrogen (secondary N) is 2. The average Bonchev–Trinajstić information content (AvgIpc) is 3.11. The predicted molar refractivity (Wildman–Crippen MR) is 78.0 cm³/mol. The van der Waals surface area contributed by atoms with E-state index in [-0.39, 0.29) is 12.1 Å². The molecule has 6 heteroatoms. The smallest absolute Gasteiger partial charge is 0.315 e. The number of rotatable bonds is 4. The number of carbonyl (C=O) groups is 1. The molecule has 2 aliphatic heterocycles. The number of fused-ring (bicyclic) bond motifs is 1. The Morgan fingerprint density at radius 2 is 2.38 bits per heavy atom. The Balaban J connectivity index is 1.37. The third-order valence-corrected chi connectivity index (χ3v) is 4.36. The molecule has 6 nitrogen and oxygen atoms in total. The van der Waals surface area contributed by atoms with Gasteiger partial charge in [0.05, 0.1) is 19.0 Å². The zero-order valence-corrected chi connectivity index (χ0v) is 12.4. The summed E-state index contributed by atoms with van der Waals surface area (Å²) in [5.41, 5.74) is 0.999. The van der Waals surface area contributed by atoms with Crippen LogP contribution in [0, 0.1) is 6.92 Å². The van der Waals surface area contributed by atoms with Crippen molar-refractivity contribution in [1.82, 2.24) is 15.5 Å². The minimum atomic E-state index is -0.164. The van der Waals surface area contributed by atoms with Crippen LogP contribution in [0.15, 0.2) is 16.7 Å². The standard InChI is InChI=1S/C15H23N3O3/c1-11-12(4-6-20-11)7-16-15(19)17-8-14-9-18-5-2-3-13(18)10-21-14/h4,6,13-14H,2-3,5,7-10H2,1H3,(H2,16,17,19)/t13-,14-/m1/s1. The average molecular weight is 293 g/mol. The first-order chi connectivity index (χ1) is 10.2. The summed E-state index contributed by atoms with van der Waals surface area (Å²) in [5, 5.41) is 5.71. The second-order valence-corrected chi connectivity index (χ2v) is 5.81. The van der Waals surface area contributed by atoms with Crippen molar-refractivity contribution in [1.29, 1.82) is 0 Å². The molecule has 116 valence electrons. The van der Waals surface area contributed by atoms with Crippen molar-refractivity contribution < 1.29 is 13.9 Å². The van der Waals surface area contributed by atoms with Gasteiger partial charge < -0.3 is 19.8 Å². The number of hydrogen-bond acceptors (Lipinski definition) is 4. The third kappa shape index (κ3) is 3.57. The number of amides is 2. The first-order valence-electron chi connectivity index (χ1n) is 7.62. The molecule has 1 aromatic rings. The van der Waals surface area contributed by atoms with E-state index in [4.69, 9.17) is 9.15 Å². The van der Waals surface area contributed by atoms with Crippen LogP contribution in [-0.2, 0) is 11.3 Å².